The lowest BCUT2D eigenvalue weighted by Gasteiger charge is -2.40. The van der Waals surface area contributed by atoms with Crippen molar-refractivity contribution < 1.29 is 14.2 Å². The van der Waals surface area contributed by atoms with Gasteiger partial charge < -0.3 is 14.7 Å². The van der Waals surface area contributed by atoms with E-state index >= 15 is 0 Å². The van der Waals surface area contributed by atoms with Crippen LogP contribution in [0.2, 0.25) is 0 Å². The van der Waals surface area contributed by atoms with Gasteiger partial charge in [-0.1, -0.05) is 35.6 Å². The maximum absolute atomic E-state index is 14.3. The normalized spacial score (nSPS) is 15.9. The molecule has 2 aromatic heterocycles. The van der Waals surface area contributed by atoms with E-state index in [2.05, 4.69) is 19.9 Å². The van der Waals surface area contributed by atoms with Crippen LogP contribution >= 0.6 is 11.3 Å². The number of benzene rings is 2. The van der Waals surface area contributed by atoms with Crippen LogP contribution in [-0.2, 0) is 0 Å². The Bertz CT molecular complexity index is 1230. The number of anilines is 1. The fraction of sp³-hybridized carbons (Fsp3) is 0.304. The number of piperazine rings is 1. The molecule has 1 atom stereocenters. The van der Waals surface area contributed by atoms with E-state index in [1.807, 2.05) is 43.3 Å². The third-order valence-electron chi connectivity index (χ3n) is 5.86. The Balaban J connectivity index is 1.48. The van der Waals surface area contributed by atoms with Gasteiger partial charge in [-0.15, -0.1) is 5.10 Å². The molecule has 1 aliphatic rings. The minimum atomic E-state index is -0.203. The van der Waals surface area contributed by atoms with Gasteiger partial charge in [0.1, 0.15) is 17.4 Å². The molecular formula is C23H24FN5O2S. The highest BCUT2D eigenvalue weighted by Crippen LogP contribution is 2.40. The zero-order chi connectivity index (χ0) is 22.2. The van der Waals surface area contributed by atoms with Gasteiger partial charge >= 0.3 is 0 Å². The number of halogens is 1. The molecule has 0 saturated carbocycles. The van der Waals surface area contributed by atoms with Gasteiger partial charge in [-0.2, -0.15) is 4.52 Å². The molecule has 2 aromatic carbocycles. The molecule has 32 heavy (non-hydrogen) atoms. The van der Waals surface area contributed by atoms with E-state index in [0.717, 1.165) is 29.3 Å². The fourth-order valence-corrected chi connectivity index (χ4v) is 5.43. The standard InChI is InChI=1S/C23H24FN5O2S/c1-15-25-23-29(26-15)22(30)21(32-23)20(16-7-9-17(31-2)10-8-16)28-13-11-27(12-14-28)19-6-4-3-5-18(19)24/h3-10,20,30H,11-14H2,1-2H3/t20-/m0/s1. The summed E-state index contributed by atoms with van der Waals surface area (Å²) in [6, 6.07) is 14.6. The predicted molar refractivity (Wildman–Crippen MR) is 122 cm³/mol. The van der Waals surface area contributed by atoms with Crippen LogP contribution in [0.25, 0.3) is 4.96 Å². The van der Waals surface area contributed by atoms with Crippen LogP contribution in [0.4, 0.5) is 10.1 Å². The summed E-state index contributed by atoms with van der Waals surface area (Å²) in [5, 5.41) is 15.3. The maximum atomic E-state index is 14.3. The lowest BCUT2D eigenvalue weighted by Crippen LogP contribution is -2.48. The number of hydrogen-bond donors (Lipinski definition) is 1. The topological polar surface area (TPSA) is 66.1 Å². The molecule has 4 aromatic rings. The molecule has 0 bridgehead atoms. The quantitative estimate of drug-likeness (QED) is 0.495. The van der Waals surface area contributed by atoms with Crippen molar-refractivity contribution in [2.45, 2.75) is 13.0 Å². The number of aromatic nitrogens is 3. The minimum absolute atomic E-state index is 0.114. The molecule has 0 amide bonds. The van der Waals surface area contributed by atoms with Crippen LogP contribution in [0, 0.1) is 12.7 Å². The van der Waals surface area contributed by atoms with Gasteiger partial charge in [-0.25, -0.2) is 9.37 Å². The van der Waals surface area contributed by atoms with Crippen molar-refractivity contribution in [1.82, 2.24) is 19.5 Å². The number of methoxy groups -OCH3 is 1. The molecule has 1 aliphatic heterocycles. The van der Waals surface area contributed by atoms with E-state index in [4.69, 9.17) is 4.74 Å². The van der Waals surface area contributed by atoms with E-state index < -0.39 is 0 Å². The summed E-state index contributed by atoms with van der Waals surface area (Å²) in [6.45, 7) is 4.62. The van der Waals surface area contributed by atoms with Crippen LogP contribution in [0.15, 0.2) is 48.5 Å². The first kappa shape index (κ1) is 20.7. The van der Waals surface area contributed by atoms with Gasteiger partial charge in [-0.05, 0) is 36.8 Å². The van der Waals surface area contributed by atoms with Gasteiger partial charge in [0.2, 0.25) is 10.8 Å². The first-order valence-electron chi connectivity index (χ1n) is 10.5. The summed E-state index contributed by atoms with van der Waals surface area (Å²) in [7, 11) is 1.64. The summed E-state index contributed by atoms with van der Waals surface area (Å²) in [5.41, 5.74) is 1.67. The lowest BCUT2D eigenvalue weighted by molar-refractivity contribution is 0.210. The number of fused-ring (bicyclic) bond motifs is 1. The molecule has 166 valence electrons. The van der Waals surface area contributed by atoms with Crippen LogP contribution in [0.3, 0.4) is 0 Å². The molecule has 0 unspecified atom stereocenters. The van der Waals surface area contributed by atoms with Crippen molar-refractivity contribution in [3.8, 4) is 11.6 Å². The number of aryl methyl sites for hydroxylation is 1. The molecule has 0 aliphatic carbocycles. The highest BCUT2D eigenvalue weighted by molar-refractivity contribution is 7.17. The Morgan fingerprint density at radius 1 is 1.06 bits per heavy atom. The average molecular weight is 454 g/mol. The third-order valence-corrected chi connectivity index (χ3v) is 6.93. The van der Waals surface area contributed by atoms with Gasteiger partial charge in [0, 0.05) is 26.2 Å². The second-order valence-corrected chi connectivity index (χ2v) is 8.80. The zero-order valence-electron chi connectivity index (χ0n) is 17.9. The Labute approximate surface area is 189 Å². The SMILES string of the molecule is COc1ccc([C@@H](c2sc3nc(C)nn3c2O)N2CCN(c3ccccc3F)CC2)cc1. The second kappa shape index (κ2) is 8.40. The second-order valence-electron chi connectivity index (χ2n) is 7.79. The van der Waals surface area contributed by atoms with Gasteiger partial charge in [-0.3, -0.25) is 4.90 Å². The van der Waals surface area contributed by atoms with Crippen molar-refractivity contribution in [1.29, 1.82) is 0 Å². The number of ether oxygens (including phenoxy) is 1. The molecule has 1 fully saturated rings. The third kappa shape index (κ3) is 3.67. The molecule has 1 saturated heterocycles. The summed E-state index contributed by atoms with van der Waals surface area (Å²) < 4.78 is 21.1. The Kier molecular flexibility index (Phi) is 5.44. The lowest BCUT2D eigenvalue weighted by atomic mass is 10.0. The summed E-state index contributed by atoms with van der Waals surface area (Å²) in [4.78, 5) is 10.3. The monoisotopic (exact) mass is 453 g/mol. The Morgan fingerprint density at radius 3 is 2.44 bits per heavy atom. The van der Waals surface area contributed by atoms with Crippen LogP contribution in [-0.4, -0.2) is 57.9 Å². The predicted octanol–water partition coefficient (Wildman–Crippen LogP) is 3.86. The number of rotatable bonds is 5. The molecule has 0 spiro atoms. The number of nitrogens with zero attached hydrogens (tertiary/aromatic N) is 5. The van der Waals surface area contributed by atoms with E-state index in [0.29, 0.717) is 29.6 Å². The smallest absolute Gasteiger partial charge is 0.230 e. The number of thiazole rings is 1. The summed E-state index contributed by atoms with van der Waals surface area (Å²) in [6.07, 6.45) is 0. The number of aromatic hydroxyl groups is 1. The van der Waals surface area contributed by atoms with Crippen LogP contribution in [0.5, 0.6) is 11.6 Å². The maximum Gasteiger partial charge on any atom is 0.230 e. The molecule has 3 heterocycles. The Morgan fingerprint density at radius 2 is 1.78 bits per heavy atom. The first-order valence-corrected chi connectivity index (χ1v) is 11.3. The van der Waals surface area contributed by atoms with Gasteiger partial charge in [0.05, 0.1) is 23.7 Å². The van der Waals surface area contributed by atoms with Crippen LogP contribution in [0.1, 0.15) is 22.3 Å². The zero-order valence-corrected chi connectivity index (χ0v) is 18.7. The number of para-hydroxylation sites is 1. The van der Waals surface area contributed by atoms with Gasteiger partial charge in [0.25, 0.3) is 0 Å². The largest absolute Gasteiger partial charge is 0.497 e. The highest BCUT2D eigenvalue weighted by atomic mass is 32.1. The van der Waals surface area contributed by atoms with E-state index in [1.165, 1.54) is 21.9 Å². The van der Waals surface area contributed by atoms with E-state index in [1.54, 1.807) is 13.2 Å². The molecule has 5 rings (SSSR count). The van der Waals surface area contributed by atoms with Gasteiger partial charge in [0.15, 0.2) is 0 Å². The van der Waals surface area contributed by atoms with Crippen molar-refractivity contribution in [2.75, 3.05) is 38.2 Å². The fourth-order valence-electron chi connectivity index (χ4n) is 4.27. The summed E-state index contributed by atoms with van der Waals surface area (Å²) >= 11 is 1.44. The number of hydrogen-bond acceptors (Lipinski definition) is 7. The highest BCUT2D eigenvalue weighted by Gasteiger charge is 2.32. The van der Waals surface area contributed by atoms with Crippen molar-refractivity contribution in [3.05, 3.63) is 70.6 Å². The first-order chi connectivity index (χ1) is 15.5. The Hall–Kier alpha value is -3.17. The molecule has 1 N–H and O–H groups in total. The van der Waals surface area contributed by atoms with E-state index in [9.17, 15) is 9.50 Å². The van der Waals surface area contributed by atoms with E-state index in [-0.39, 0.29) is 17.7 Å². The average Bonchev–Trinajstić information content (AvgIpc) is 3.32. The molecule has 9 heteroatoms. The summed E-state index contributed by atoms with van der Waals surface area (Å²) in [5.74, 6) is 1.31. The molecular weight excluding hydrogens is 429 g/mol. The van der Waals surface area contributed by atoms with Crippen molar-refractivity contribution >= 4 is 22.0 Å². The van der Waals surface area contributed by atoms with Crippen molar-refractivity contribution in [2.24, 2.45) is 0 Å². The molecule has 0 radical (unpaired) electrons. The molecule has 7 nitrogen and oxygen atoms in total. The van der Waals surface area contributed by atoms with Crippen LogP contribution < -0.4 is 9.64 Å². The van der Waals surface area contributed by atoms with Crippen molar-refractivity contribution in [3.63, 3.8) is 0 Å². The minimum Gasteiger partial charge on any atom is -0.497 e.